The van der Waals surface area contributed by atoms with Crippen molar-refractivity contribution in [3.05, 3.63) is 68.5 Å². The number of nitro benzene ring substituents is 2. The van der Waals surface area contributed by atoms with Crippen molar-refractivity contribution in [2.75, 3.05) is 5.32 Å². The van der Waals surface area contributed by atoms with Gasteiger partial charge >= 0.3 is 11.4 Å². The van der Waals surface area contributed by atoms with Gasteiger partial charge in [-0.05, 0) is 18.2 Å². The van der Waals surface area contributed by atoms with Crippen LogP contribution in [0.1, 0.15) is 10.4 Å². The van der Waals surface area contributed by atoms with E-state index in [0.717, 1.165) is 12.1 Å². The first-order valence-electron chi connectivity index (χ1n) is 5.63. The Morgan fingerprint density at radius 2 is 1.62 bits per heavy atom. The van der Waals surface area contributed by atoms with Crippen molar-refractivity contribution >= 4 is 23.0 Å². The van der Waals surface area contributed by atoms with Gasteiger partial charge in [-0.1, -0.05) is 0 Å². The quantitative estimate of drug-likeness (QED) is 0.677. The van der Waals surface area contributed by atoms with Gasteiger partial charge < -0.3 is 5.32 Å². The summed E-state index contributed by atoms with van der Waals surface area (Å²) >= 11 is 0. The summed E-state index contributed by atoms with van der Waals surface area (Å²) in [6, 6.07) is 6.08. The summed E-state index contributed by atoms with van der Waals surface area (Å²) in [6.07, 6.45) is 2.85. The fourth-order valence-electron chi connectivity index (χ4n) is 1.61. The van der Waals surface area contributed by atoms with Gasteiger partial charge in [-0.15, -0.1) is 0 Å². The number of hydrogen-bond acceptors (Lipinski definition) is 6. The highest BCUT2D eigenvalue weighted by atomic mass is 16.6. The normalized spacial score (nSPS) is 9.90. The zero-order valence-electron chi connectivity index (χ0n) is 10.4. The monoisotopic (exact) mass is 288 g/mol. The molecule has 0 fully saturated rings. The summed E-state index contributed by atoms with van der Waals surface area (Å²) < 4.78 is 0. The average molecular weight is 288 g/mol. The molecule has 0 unspecified atom stereocenters. The van der Waals surface area contributed by atoms with Gasteiger partial charge in [0.25, 0.3) is 5.91 Å². The van der Waals surface area contributed by atoms with Crippen LogP contribution in [0, 0.1) is 20.2 Å². The van der Waals surface area contributed by atoms with Crippen molar-refractivity contribution in [2.24, 2.45) is 0 Å². The molecule has 0 saturated heterocycles. The molecule has 0 atom stereocenters. The van der Waals surface area contributed by atoms with E-state index >= 15 is 0 Å². The molecule has 1 aromatic heterocycles. The molecule has 106 valence electrons. The SMILES string of the molecule is O=C(Nc1ccc([N+](=O)[O-])c([N+](=O)[O-])c1)c1ccncc1. The molecule has 0 spiro atoms. The smallest absolute Gasteiger partial charge is 0.322 e. The Bertz CT molecular complexity index is 717. The van der Waals surface area contributed by atoms with Crippen LogP contribution in [0.4, 0.5) is 17.1 Å². The van der Waals surface area contributed by atoms with Gasteiger partial charge in [-0.3, -0.25) is 30.0 Å². The van der Waals surface area contributed by atoms with Crippen LogP contribution in [0.25, 0.3) is 0 Å². The summed E-state index contributed by atoms with van der Waals surface area (Å²) in [5, 5.41) is 23.9. The second kappa shape index (κ2) is 5.74. The fraction of sp³-hybridized carbons (Fsp3) is 0. The predicted molar refractivity (Wildman–Crippen MR) is 71.9 cm³/mol. The molecule has 2 aromatic rings. The second-order valence-corrected chi connectivity index (χ2v) is 3.91. The van der Waals surface area contributed by atoms with E-state index in [2.05, 4.69) is 10.3 Å². The Labute approximate surface area is 117 Å². The first-order valence-corrected chi connectivity index (χ1v) is 5.63. The van der Waals surface area contributed by atoms with E-state index in [1.165, 1.54) is 30.6 Å². The maximum atomic E-state index is 11.9. The highest BCUT2D eigenvalue weighted by Crippen LogP contribution is 2.29. The van der Waals surface area contributed by atoms with Gasteiger partial charge in [0, 0.05) is 35.8 Å². The van der Waals surface area contributed by atoms with E-state index in [4.69, 9.17) is 0 Å². The molecule has 0 saturated carbocycles. The number of carbonyl (C=O) groups excluding carboxylic acids is 1. The Hall–Kier alpha value is -3.36. The highest BCUT2D eigenvalue weighted by Gasteiger charge is 2.24. The lowest BCUT2D eigenvalue weighted by Crippen LogP contribution is -2.12. The third-order valence-corrected chi connectivity index (χ3v) is 2.57. The van der Waals surface area contributed by atoms with Gasteiger partial charge in [0.2, 0.25) is 0 Å². The Morgan fingerprint density at radius 1 is 1.00 bits per heavy atom. The van der Waals surface area contributed by atoms with E-state index < -0.39 is 27.1 Å². The zero-order valence-corrected chi connectivity index (χ0v) is 10.4. The minimum Gasteiger partial charge on any atom is -0.322 e. The number of aromatic nitrogens is 1. The van der Waals surface area contributed by atoms with Gasteiger partial charge in [-0.25, -0.2) is 0 Å². The van der Waals surface area contributed by atoms with E-state index in [1.807, 2.05) is 0 Å². The minimum atomic E-state index is -0.875. The van der Waals surface area contributed by atoms with Gasteiger partial charge in [0.15, 0.2) is 0 Å². The Balaban J connectivity index is 2.30. The minimum absolute atomic E-state index is 0.0918. The van der Waals surface area contributed by atoms with Crippen molar-refractivity contribution in [2.45, 2.75) is 0 Å². The molecule has 9 nitrogen and oxygen atoms in total. The molecule has 1 N–H and O–H groups in total. The van der Waals surface area contributed by atoms with Crippen LogP contribution in [0.2, 0.25) is 0 Å². The second-order valence-electron chi connectivity index (χ2n) is 3.91. The van der Waals surface area contributed by atoms with Crippen molar-refractivity contribution in [3.8, 4) is 0 Å². The van der Waals surface area contributed by atoms with E-state index in [0.29, 0.717) is 5.56 Å². The van der Waals surface area contributed by atoms with Crippen molar-refractivity contribution < 1.29 is 14.6 Å². The average Bonchev–Trinajstić information content (AvgIpc) is 2.47. The molecule has 0 aliphatic carbocycles. The third-order valence-electron chi connectivity index (χ3n) is 2.57. The number of nitro groups is 2. The molecule has 0 bridgehead atoms. The lowest BCUT2D eigenvalue weighted by molar-refractivity contribution is -0.422. The largest absolute Gasteiger partial charge is 0.348 e. The molecule has 2 rings (SSSR count). The molecule has 0 radical (unpaired) electrons. The third kappa shape index (κ3) is 3.15. The van der Waals surface area contributed by atoms with Gasteiger partial charge in [-0.2, -0.15) is 0 Å². The number of amides is 1. The maximum Gasteiger partial charge on any atom is 0.348 e. The summed E-state index contributed by atoms with van der Waals surface area (Å²) in [5.74, 6) is -0.499. The van der Waals surface area contributed by atoms with Crippen LogP contribution in [-0.2, 0) is 0 Å². The lowest BCUT2D eigenvalue weighted by Gasteiger charge is -2.05. The van der Waals surface area contributed by atoms with Crippen molar-refractivity contribution in [3.63, 3.8) is 0 Å². The summed E-state index contributed by atoms with van der Waals surface area (Å²) in [4.78, 5) is 35.4. The topological polar surface area (TPSA) is 128 Å². The lowest BCUT2D eigenvalue weighted by atomic mass is 10.2. The summed E-state index contributed by atoms with van der Waals surface area (Å²) in [5.41, 5.74) is -0.922. The standard InChI is InChI=1S/C12H8N4O5/c17-12(8-3-5-13-6-4-8)14-9-1-2-10(15(18)19)11(7-9)16(20)21/h1-7H,(H,14,17). The van der Waals surface area contributed by atoms with Crippen molar-refractivity contribution in [1.29, 1.82) is 0 Å². The molecule has 0 aliphatic heterocycles. The fourth-order valence-corrected chi connectivity index (χ4v) is 1.61. The summed E-state index contributed by atoms with van der Waals surface area (Å²) in [7, 11) is 0. The predicted octanol–water partition coefficient (Wildman–Crippen LogP) is 2.15. The van der Waals surface area contributed by atoms with E-state index in [-0.39, 0.29) is 5.69 Å². The zero-order chi connectivity index (χ0) is 15.4. The number of nitrogens with zero attached hydrogens (tertiary/aromatic N) is 3. The number of rotatable bonds is 4. The molecule has 0 aliphatic rings. The van der Waals surface area contributed by atoms with Crippen LogP contribution in [-0.4, -0.2) is 20.7 Å². The van der Waals surface area contributed by atoms with Crippen molar-refractivity contribution in [1.82, 2.24) is 4.98 Å². The first-order chi connectivity index (χ1) is 9.99. The molecule has 9 heteroatoms. The molecular weight excluding hydrogens is 280 g/mol. The van der Waals surface area contributed by atoms with E-state index in [9.17, 15) is 25.0 Å². The van der Waals surface area contributed by atoms with Crippen LogP contribution in [0.3, 0.4) is 0 Å². The number of anilines is 1. The van der Waals surface area contributed by atoms with Crippen LogP contribution < -0.4 is 5.32 Å². The molecule has 1 amide bonds. The van der Waals surface area contributed by atoms with Gasteiger partial charge in [0.05, 0.1) is 9.85 Å². The maximum absolute atomic E-state index is 11.9. The number of pyridine rings is 1. The number of nitrogens with one attached hydrogen (secondary N) is 1. The summed E-state index contributed by atoms with van der Waals surface area (Å²) in [6.45, 7) is 0. The van der Waals surface area contributed by atoms with Crippen LogP contribution >= 0.6 is 0 Å². The Morgan fingerprint density at radius 3 is 2.19 bits per heavy atom. The number of hydrogen-bond donors (Lipinski definition) is 1. The molecule has 1 heterocycles. The highest BCUT2D eigenvalue weighted by molar-refractivity contribution is 6.04. The van der Waals surface area contributed by atoms with Gasteiger partial charge in [0.1, 0.15) is 0 Å². The molecule has 21 heavy (non-hydrogen) atoms. The van der Waals surface area contributed by atoms with Crippen LogP contribution in [0.5, 0.6) is 0 Å². The number of carbonyl (C=O) groups is 1. The number of benzene rings is 1. The Kier molecular flexibility index (Phi) is 3.84. The molecular formula is C12H8N4O5. The first kappa shape index (κ1) is 14.1. The molecule has 1 aromatic carbocycles. The van der Waals surface area contributed by atoms with E-state index in [1.54, 1.807) is 0 Å². The van der Waals surface area contributed by atoms with Crippen LogP contribution in [0.15, 0.2) is 42.7 Å².